The van der Waals surface area contributed by atoms with E-state index in [1.54, 1.807) is 20.8 Å². The van der Waals surface area contributed by atoms with Gasteiger partial charge in [-0.3, -0.25) is 4.79 Å². The van der Waals surface area contributed by atoms with Crippen molar-refractivity contribution in [3.63, 3.8) is 0 Å². The Labute approximate surface area is 96.4 Å². The Morgan fingerprint density at radius 2 is 1.94 bits per heavy atom. The molecular weight excluding hydrogens is 210 g/mol. The lowest BCUT2D eigenvalue weighted by molar-refractivity contribution is -0.164. The second kappa shape index (κ2) is 5.84. The van der Waals surface area contributed by atoms with Crippen LogP contribution in [0.25, 0.3) is 0 Å². The molecule has 0 bridgehead atoms. The number of nitrogens with zero attached hydrogens (tertiary/aromatic N) is 1. The SMILES string of the molecule is CCOCC(C)(C(=O)O)N(C(C)=O)C(C)C. The van der Waals surface area contributed by atoms with Crippen LogP contribution in [0.5, 0.6) is 0 Å². The first-order valence-corrected chi connectivity index (χ1v) is 5.38. The molecule has 0 aliphatic heterocycles. The van der Waals surface area contributed by atoms with E-state index in [4.69, 9.17) is 4.74 Å². The minimum atomic E-state index is -1.31. The molecule has 94 valence electrons. The van der Waals surface area contributed by atoms with Gasteiger partial charge in [0.25, 0.3) is 0 Å². The maximum absolute atomic E-state index is 11.5. The Kier molecular flexibility index (Phi) is 5.44. The molecule has 0 rings (SSSR count). The van der Waals surface area contributed by atoms with E-state index in [0.29, 0.717) is 6.61 Å². The molecule has 0 aliphatic rings. The first-order chi connectivity index (χ1) is 7.27. The van der Waals surface area contributed by atoms with Crippen molar-refractivity contribution in [2.24, 2.45) is 0 Å². The van der Waals surface area contributed by atoms with Gasteiger partial charge in [-0.15, -0.1) is 0 Å². The molecule has 1 N–H and O–H groups in total. The van der Waals surface area contributed by atoms with Gasteiger partial charge in [0.1, 0.15) is 0 Å². The van der Waals surface area contributed by atoms with Gasteiger partial charge >= 0.3 is 5.97 Å². The van der Waals surface area contributed by atoms with Crippen LogP contribution in [0.2, 0.25) is 0 Å². The Morgan fingerprint density at radius 3 is 2.19 bits per heavy atom. The first kappa shape index (κ1) is 14.9. The molecule has 0 aromatic carbocycles. The highest BCUT2D eigenvalue weighted by Gasteiger charge is 2.42. The molecule has 0 saturated carbocycles. The number of aliphatic carboxylic acids is 1. The Morgan fingerprint density at radius 1 is 1.44 bits per heavy atom. The van der Waals surface area contributed by atoms with Crippen LogP contribution < -0.4 is 0 Å². The van der Waals surface area contributed by atoms with Crippen molar-refractivity contribution in [1.29, 1.82) is 0 Å². The number of carbonyl (C=O) groups excluding carboxylic acids is 1. The fourth-order valence-corrected chi connectivity index (χ4v) is 1.82. The monoisotopic (exact) mass is 231 g/mol. The molecule has 0 aliphatic carbocycles. The van der Waals surface area contributed by atoms with Crippen molar-refractivity contribution in [3.8, 4) is 0 Å². The molecule has 1 atom stereocenters. The number of hydrogen-bond acceptors (Lipinski definition) is 3. The van der Waals surface area contributed by atoms with Crippen LogP contribution in [-0.4, -0.2) is 46.7 Å². The maximum Gasteiger partial charge on any atom is 0.331 e. The highest BCUT2D eigenvalue weighted by molar-refractivity contribution is 5.86. The molecule has 0 saturated heterocycles. The van der Waals surface area contributed by atoms with Crippen molar-refractivity contribution < 1.29 is 19.4 Å². The zero-order valence-electron chi connectivity index (χ0n) is 10.6. The summed E-state index contributed by atoms with van der Waals surface area (Å²) in [4.78, 5) is 24.1. The van der Waals surface area contributed by atoms with E-state index in [1.165, 1.54) is 18.7 Å². The Bertz CT molecular complexity index is 265. The van der Waals surface area contributed by atoms with Gasteiger partial charge in [0.2, 0.25) is 5.91 Å². The highest BCUT2D eigenvalue weighted by atomic mass is 16.5. The fraction of sp³-hybridized carbons (Fsp3) is 0.818. The summed E-state index contributed by atoms with van der Waals surface area (Å²) in [6.07, 6.45) is 0. The second-order valence-corrected chi connectivity index (χ2v) is 4.20. The van der Waals surface area contributed by atoms with Crippen LogP contribution in [0.1, 0.15) is 34.6 Å². The molecule has 1 amide bonds. The summed E-state index contributed by atoms with van der Waals surface area (Å²) in [6, 6.07) is -0.181. The summed E-state index contributed by atoms with van der Waals surface area (Å²) in [5.74, 6) is -1.32. The average molecular weight is 231 g/mol. The van der Waals surface area contributed by atoms with Crippen molar-refractivity contribution in [3.05, 3.63) is 0 Å². The van der Waals surface area contributed by atoms with Gasteiger partial charge in [-0.25, -0.2) is 4.79 Å². The van der Waals surface area contributed by atoms with Gasteiger partial charge in [0.05, 0.1) is 6.61 Å². The Balaban J connectivity index is 5.12. The lowest BCUT2D eigenvalue weighted by atomic mass is 9.99. The minimum absolute atomic E-state index is 0.00338. The number of amides is 1. The standard InChI is InChI=1S/C11H21NO4/c1-6-16-7-11(5,10(14)15)12(8(2)3)9(4)13/h8H,6-7H2,1-5H3,(H,14,15). The minimum Gasteiger partial charge on any atom is -0.479 e. The molecule has 0 radical (unpaired) electrons. The topological polar surface area (TPSA) is 66.8 Å². The number of hydrogen-bond donors (Lipinski definition) is 1. The van der Waals surface area contributed by atoms with Crippen LogP contribution in [-0.2, 0) is 14.3 Å². The summed E-state index contributed by atoms with van der Waals surface area (Å²) in [6.45, 7) is 8.65. The predicted octanol–water partition coefficient (Wildman–Crippen LogP) is 1.12. The summed E-state index contributed by atoms with van der Waals surface area (Å²) in [7, 11) is 0. The number of carboxylic acid groups (broad SMARTS) is 1. The van der Waals surface area contributed by atoms with Crippen molar-refractivity contribution in [2.45, 2.75) is 46.2 Å². The quantitative estimate of drug-likeness (QED) is 0.744. The van der Waals surface area contributed by atoms with Crippen LogP contribution in [0.4, 0.5) is 0 Å². The maximum atomic E-state index is 11.5. The van der Waals surface area contributed by atoms with Gasteiger partial charge < -0.3 is 14.7 Å². The largest absolute Gasteiger partial charge is 0.479 e. The third kappa shape index (κ3) is 3.20. The molecule has 0 fully saturated rings. The zero-order chi connectivity index (χ0) is 12.9. The summed E-state index contributed by atoms with van der Waals surface area (Å²) < 4.78 is 5.17. The van der Waals surface area contributed by atoms with Gasteiger partial charge in [-0.1, -0.05) is 0 Å². The molecule has 5 heteroatoms. The molecule has 0 aromatic heterocycles. The zero-order valence-corrected chi connectivity index (χ0v) is 10.6. The molecule has 1 unspecified atom stereocenters. The van der Waals surface area contributed by atoms with Crippen LogP contribution >= 0.6 is 0 Å². The molecular formula is C11H21NO4. The lowest BCUT2D eigenvalue weighted by Gasteiger charge is -2.39. The van der Waals surface area contributed by atoms with Crippen molar-refractivity contribution >= 4 is 11.9 Å². The van der Waals surface area contributed by atoms with E-state index in [9.17, 15) is 14.7 Å². The predicted molar refractivity (Wildman–Crippen MR) is 60.2 cm³/mol. The van der Waals surface area contributed by atoms with Gasteiger partial charge in [0, 0.05) is 19.6 Å². The van der Waals surface area contributed by atoms with Crippen LogP contribution in [0, 0.1) is 0 Å². The fourth-order valence-electron chi connectivity index (χ4n) is 1.82. The number of ether oxygens (including phenoxy) is 1. The van der Waals surface area contributed by atoms with Crippen molar-refractivity contribution in [2.75, 3.05) is 13.2 Å². The normalized spacial score (nSPS) is 14.6. The summed E-state index contributed by atoms with van der Waals surface area (Å²) in [5.41, 5.74) is -1.31. The summed E-state index contributed by atoms with van der Waals surface area (Å²) >= 11 is 0. The Hall–Kier alpha value is -1.10. The number of carbonyl (C=O) groups is 2. The highest BCUT2D eigenvalue weighted by Crippen LogP contribution is 2.20. The molecule has 5 nitrogen and oxygen atoms in total. The number of carboxylic acids is 1. The summed E-state index contributed by atoms with van der Waals surface area (Å²) in [5, 5.41) is 9.25. The van der Waals surface area contributed by atoms with E-state index < -0.39 is 11.5 Å². The average Bonchev–Trinajstić information content (AvgIpc) is 2.13. The van der Waals surface area contributed by atoms with E-state index in [2.05, 4.69) is 0 Å². The third-order valence-electron chi connectivity index (χ3n) is 2.44. The van der Waals surface area contributed by atoms with Crippen LogP contribution in [0.15, 0.2) is 0 Å². The smallest absolute Gasteiger partial charge is 0.331 e. The van der Waals surface area contributed by atoms with E-state index in [0.717, 1.165) is 0 Å². The van der Waals surface area contributed by atoms with Gasteiger partial charge in [-0.05, 0) is 27.7 Å². The number of rotatable bonds is 6. The second-order valence-electron chi connectivity index (χ2n) is 4.20. The lowest BCUT2D eigenvalue weighted by Crippen LogP contribution is -2.60. The molecule has 16 heavy (non-hydrogen) atoms. The van der Waals surface area contributed by atoms with Crippen LogP contribution in [0.3, 0.4) is 0 Å². The van der Waals surface area contributed by atoms with E-state index in [1.807, 2.05) is 0 Å². The molecule has 0 heterocycles. The van der Waals surface area contributed by atoms with Gasteiger partial charge in [-0.2, -0.15) is 0 Å². The third-order valence-corrected chi connectivity index (χ3v) is 2.44. The van der Waals surface area contributed by atoms with Crippen molar-refractivity contribution in [1.82, 2.24) is 4.90 Å². The van der Waals surface area contributed by atoms with E-state index >= 15 is 0 Å². The molecule has 0 aromatic rings. The van der Waals surface area contributed by atoms with E-state index in [-0.39, 0.29) is 18.6 Å². The van der Waals surface area contributed by atoms with Gasteiger partial charge in [0.15, 0.2) is 5.54 Å². The molecule has 0 spiro atoms. The first-order valence-electron chi connectivity index (χ1n) is 5.38.